The summed E-state index contributed by atoms with van der Waals surface area (Å²) >= 11 is 0. The Morgan fingerprint density at radius 3 is 2.47 bits per heavy atom. The Balaban J connectivity index is 2.54. The molecule has 70 valence electrons. The molecule has 0 radical (unpaired) electrons. The van der Waals surface area contributed by atoms with Gasteiger partial charge in [-0.2, -0.15) is 0 Å². The van der Waals surface area contributed by atoms with Crippen molar-refractivity contribution in [3.8, 4) is 0 Å². The van der Waals surface area contributed by atoms with E-state index in [0.717, 1.165) is 0 Å². The van der Waals surface area contributed by atoms with Gasteiger partial charge < -0.3 is 0 Å². The number of hydrogen-bond acceptors (Lipinski definition) is 1. The lowest BCUT2D eigenvalue weighted by Crippen LogP contribution is -1.77. The monoisotopic (exact) mass is 227 g/mol. The molecule has 0 aliphatic carbocycles. The molecule has 3 aromatic carbocycles. The van der Waals surface area contributed by atoms with Crippen molar-refractivity contribution in [1.29, 1.82) is 0 Å². The maximum Gasteiger partial charge on any atom is 0.301 e. The second kappa shape index (κ2) is 2.65. The van der Waals surface area contributed by atoms with E-state index in [9.17, 15) is 0 Å². The minimum atomic E-state index is 1.36. The van der Waals surface area contributed by atoms with Crippen molar-refractivity contribution in [2.75, 3.05) is 0 Å². The van der Waals surface area contributed by atoms with Crippen molar-refractivity contribution in [3.63, 3.8) is 0 Å². The molecule has 0 nitrogen and oxygen atoms in total. The average Bonchev–Trinajstić information content (AvgIpc) is 2.71. The SMILES string of the molecule is c1cc2ccc3s[s+]c4ccc(c1)c2c34. The fourth-order valence-electron chi connectivity index (χ4n) is 2.25. The molecule has 0 aliphatic rings. The van der Waals surface area contributed by atoms with Crippen LogP contribution >= 0.6 is 20.7 Å². The van der Waals surface area contributed by atoms with E-state index in [-0.39, 0.29) is 0 Å². The molecule has 0 fully saturated rings. The first-order valence-corrected chi connectivity index (χ1v) is 7.04. The van der Waals surface area contributed by atoms with Crippen molar-refractivity contribution < 1.29 is 0 Å². The van der Waals surface area contributed by atoms with Gasteiger partial charge in [0.25, 0.3) is 4.70 Å². The Kier molecular flexibility index (Phi) is 1.41. The quantitative estimate of drug-likeness (QED) is 0.293. The smallest absolute Gasteiger partial charge is 0.0610 e. The van der Waals surface area contributed by atoms with Crippen molar-refractivity contribution in [2.24, 2.45) is 0 Å². The Labute approximate surface area is 94.1 Å². The van der Waals surface area contributed by atoms with Crippen LogP contribution in [0.1, 0.15) is 0 Å². The normalized spacial score (nSPS) is 12.0. The lowest BCUT2D eigenvalue weighted by Gasteiger charge is -2.01. The number of hydrogen-bond donors (Lipinski definition) is 0. The molecule has 1 aromatic heterocycles. The summed E-state index contributed by atoms with van der Waals surface area (Å²) in [5, 5.41) is 5.61. The third kappa shape index (κ3) is 0.933. The lowest BCUT2D eigenvalue weighted by molar-refractivity contribution is 1.84. The van der Waals surface area contributed by atoms with E-state index in [2.05, 4.69) is 42.5 Å². The summed E-state index contributed by atoms with van der Waals surface area (Å²) in [5.74, 6) is 0. The van der Waals surface area contributed by atoms with Crippen LogP contribution in [0, 0.1) is 0 Å². The molecule has 4 aromatic rings. The molecule has 0 atom stereocenters. The molecule has 0 aliphatic heterocycles. The predicted octanol–water partition coefficient (Wildman–Crippen LogP) is 4.99. The van der Waals surface area contributed by atoms with Crippen LogP contribution in [0.3, 0.4) is 0 Å². The maximum absolute atomic E-state index is 2.24. The van der Waals surface area contributed by atoms with Crippen molar-refractivity contribution in [2.45, 2.75) is 0 Å². The fourth-order valence-corrected chi connectivity index (χ4v) is 4.70. The van der Waals surface area contributed by atoms with Gasteiger partial charge in [0.1, 0.15) is 0 Å². The van der Waals surface area contributed by atoms with Gasteiger partial charge >= 0.3 is 10.3 Å². The van der Waals surface area contributed by atoms with Crippen LogP contribution in [0.2, 0.25) is 0 Å². The van der Waals surface area contributed by atoms with Gasteiger partial charge in [-0.25, -0.2) is 0 Å². The van der Waals surface area contributed by atoms with E-state index in [1.54, 1.807) is 0 Å². The van der Waals surface area contributed by atoms with Gasteiger partial charge in [0.05, 0.1) is 10.1 Å². The van der Waals surface area contributed by atoms with Crippen molar-refractivity contribution >= 4 is 51.6 Å². The van der Waals surface area contributed by atoms with Crippen molar-refractivity contribution in [3.05, 3.63) is 42.5 Å². The molecule has 4 rings (SSSR count). The van der Waals surface area contributed by atoms with Crippen LogP contribution in [0.4, 0.5) is 0 Å². The molecule has 1 heterocycles. The highest BCUT2D eigenvalue weighted by Crippen LogP contribution is 2.40. The molecular formula is C13H7S2+. The van der Waals surface area contributed by atoms with Crippen LogP contribution in [0.5, 0.6) is 0 Å². The zero-order chi connectivity index (χ0) is 9.83. The summed E-state index contributed by atoms with van der Waals surface area (Å²) in [6, 6.07) is 15.5. The van der Waals surface area contributed by atoms with Gasteiger partial charge in [-0.15, -0.1) is 0 Å². The lowest BCUT2D eigenvalue weighted by atomic mass is 10.0. The largest absolute Gasteiger partial charge is 0.301 e. The van der Waals surface area contributed by atoms with Gasteiger partial charge in [0, 0.05) is 11.5 Å². The van der Waals surface area contributed by atoms with E-state index >= 15 is 0 Å². The Morgan fingerprint density at radius 1 is 0.800 bits per heavy atom. The minimum Gasteiger partial charge on any atom is -0.0610 e. The van der Waals surface area contributed by atoms with E-state index < -0.39 is 0 Å². The van der Waals surface area contributed by atoms with E-state index in [1.165, 1.54) is 30.9 Å². The molecular weight excluding hydrogens is 220 g/mol. The molecule has 2 heteroatoms. The van der Waals surface area contributed by atoms with Crippen LogP contribution in [0.25, 0.3) is 30.9 Å². The van der Waals surface area contributed by atoms with E-state index in [0.29, 0.717) is 0 Å². The number of rotatable bonds is 0. The molecule has 15 heavy (non-hydrogen) atoms. The molecule has 0 amide bonds. The average molecular weight is 227 g/mol. The zero-order valence-corrected chi connectivity index (χ0v) is 9.49. The standard InChI is InChI=1S/C13H7S2/c1-2-8-4-6-10-13-11(15-14-10)7-5-9(3-1)12(8)13/h1-7H/q+1. The summed E-state index contributed by atoms with van der Waals surface area (Å²) < 4.78 is 2.83. The van der Waals surface area contributed by atoms with Gasteiger partial charge in [-0.05, 0) is 22.9 Å². The van der Waals surface area contributed by atoms with Crippen LogP contribution in [-0.4, -0.2) is 0 Å². The molecule has 0 N–H and O–H groups in total. The van der Waals surface area contributed by atoms with Gasteiger partial charge in [0.2, 0.25) is 0 Å². The summed E-state index contributed by atoms with van der Waals surface area (Å²) in [6.45, 7) is 0. The Morgan fingerprint density at radius 2 is 1.60 bits per heavy atom. The first-order chi connectivity index (χ1) is 7.43. The Bertz CT molecular complexity index is 707. The topological polar surface area (TPSA) is 0 Å². The van der Waals surface area contributed by atoms with Crippen LogP contribution in [0.15, 0.2) is 42.5 Å². The summed E-state index contributed by atoms with van der Waals surface area (Å²) in [6.07, 6.45) is 0. The highest BCUT2D eigenvalue weighted by Gasteiger charge is 2.16. The van der Waals surface area contributed by atoms with E-state index in [1.807, 2.05) is 20.7 Å². The third-order valence-electron chi connectivity index (χ3n) is 2.92. The highest BCUT2D eigenvalue weighted by atomic mass is 32.9. The molecule has 0 unspecified atom stereocenters. The zero-order valence-electron chi connectivity index (χ0n) is 7.86. The first kappa shape index (κ1) is 7.97. The van der Waals surface area contributed by atoms with Gasteiger partial charge in [0.15, 0.2) is 10.3 Å². The Hall–Kier alpha value is -1.25. The highest BCUT2D eigenvalue weighted by molar-refractivity contribution is 7.75. The second-order valence-electron chi connectivity index (χ2n) is 3.75. The first-order valence-electron chi connectivity index (χ1n) is 4.89. The minimum absolute atomic E-state index is 1.36. The predicted molar refractivity (Wildman–Crippen MR) is 70.3 cm³/mol. The summed E-state index contributed by atoms with van der Waals surface area (Å²) in [4.78, 5) is 0. The molecule has 0 saturated heterocycles. The van der Waals surface area contributed by atoms with Crippen LogP contribution < -0.4 is 0 Å². The molecule has 0 spiro atoms. The van der Waals surface area contributed by atoms with E-state index in [4.69, 9.17) is 0 Å². The van der Waals surface area contributed by atoms with Gasteiger partial charge in [-0.3, -0.25) is 0 Å². The molecule has 0 bridgehead atoms. The number of benzene rings is 3. The summed E-state index contributed by atoms with van der Waals surface area (Å²) in [7, 11) is 3.75. The van der Waals surface area contributed by atoms with Gasteiger partial charge in [-0.1, -0.05) is 24.3 Å². The van der Waals surface area contributed by atoms with Crippen LogP contribution in [-0.2, 0) is 0 Å². The third-order valence-corrected chi connectivity index (χ3v) is 5.37. The van der Waals surface area contributed by atoms with Crippen molar-refractivity contribution in [1.82, 2.24) is 0 Å². The molecule has 0 saturated carbocycles. The summed E-state index contributed by atoms with van der Waals surface area (Å²) in [5.41, 5.74) is 0. The maximum atomic E-state index is 2.24. The second-order valence-corrected chi connectivity index (χ2v) is 5.96. The fraction of sp³-hybridized carbons (Fsp3) is 0.